The fourth-order valence-electron chi connectivity index (χ4n) is 0.814. The van der Waals surface area contributed by atoms with Crippen molar-refractivity contribution in [3.8, 4) is 11.8 Å². The van der Waals surface area contributed by atoms with Gasteiger partial charge < -0.3 is 10.1 Å². The van der Waals surface area contributed by atoms with E-state index in [-0.39, 0.29) is 0 Å². The maximum atomic E-state index is 5.31. The summed E-state index contributed by atoms with van der Waals surface area (Å²) in [4.78, 5) is 0. The van der Waals surface area contributed by atoms with Crippen molar-refractivity contribution in [2.45, 2.75) is 19.8 Å². The average molecular weight is 181 g/mol. The van der Waals surface area contributed by atoms with E-state index in [1.54, 1.807) is 0 Å². The molecule has 13 heavy (non-hydrogen) atoms. The molecule has 0 aliphatic carbocycles. The monoisotopic (exact) mass is 181 g/mol. The van der Waals surface area contributed by atoms with Crippen LogP contribution in [0.1, 0.15) is 19.8 Å². The maximum absolute atomic E-state index is 5.31. The first-order chi connectivity index (χ1) is 6.41. The van der Waals surface area contributed by atoms with Gasteiger partial charge in [0.15, 0.2) is 0 Å². The van der Waals surface area contributed by atoms with Gasteiger partial charge in [0.2, 0.25) is 0 Å². The lowest BCUT2D eigenvalue weighted by Crippen LogP contribution is -2.20. The summed E-state index contributed by atoms with van der Waals surface area (Å²) in [7, 11) is 0. The Labute approximate surface area is 81.4 Å². The van der Waals surface area contributed by atoms with Crippen molar-refractivity contribution < 1.29 is 4.74 Å². The Balaban J connectivity index is 2.89. The van der Waals surface area contributed by atoms with Gasteiger partial charge in [-0.2, -0.15) is 0 Å². The summed E-state index contributed by atoms with van der Waals surface area (Å²) in [6.45, 7) is 8.88. The minimum Gasteiger partial charge on any atom is -0.380 e. The van der Waals surface area contributed by atoms with Crippen LogP contribution in [0.3, 0.4) is 0 Å². The van der Waals surface area contributed by atoms with Gasteiger partial charge in [-0.05, 0) is 13.3 Å². The number of ether oxygens (including phenoxy) is 1. The summed E-state index contributed by atoms with van der Waals surface area (Å²) in [5.41, 5.74) is 0. The van der Waals surface area contributed by atoms with Crippen LogP contribution in [0.15, 0.2) is 12.7 Å². The van der Waals surface area contributed by atoms with Gasteiger partial charge in [0, 0.05) is 19.5 Å². The molecule has 0 radical (unpaired) electrons. The van der Waals surface area contributed by atoms with E-state index in [9.17, 15) is 0 Å². The summed E-state index contributed by atoms with van der Waals surface area (Å²) in [5.74, 6) is 5.85. The molecule has 0 rings (SSSR count). The molecule has 0 bridgehead atoms. The molecule has 0 heterocycles. The summed E-state index contributed by atoms with van der Waals surface area (Å²) >= 11 is 0. The van der Waals surface area contributed by atoms with E-state index in [0.717, 1.165) is 39.1 Å². The average Bonchev–Trinajstić information content (AvgIpc) is 2.16. The second-order valence-corrected chi connectivity index (χ2v) is 2.62. The number of rotatable bonds is 8. The molecule has 0 aromatic heterocycles. The number of hydrogen-bond acceptors (Lipinski definition) is 2. The zero-order valence-electron chi connectivity index (χ0n) is 8.44. The zero-order chi connectivity index (χ0) is 9.78. The fraction of sp³-hybridized carbons (Fsp3) is 0.636. The summed E-state index contributed by atoms with van der Waals surface area (Å²) in [5, 5.41) is 3.24. The topological polar surface area (TPSA) is 21.3 Å². The third-order valence-electron chi connectivity index (χ3n) is 1.49. The SMILES string of the molecule is C=CCCOCCNCCC#CC. The molecule has 2 heteroatoms. The van der Waals surface area contributed by atoms with E-state index in [2.05, 4.69) is 23.7 Å². The van der Waals surface area contributed by atoms with Crippen molar-refractivity contribution in [1.29, 1.82) is 0 Å². The molecule has 1 N–H and O–H groups in total. The standard InChI is InChI=1S/C11H19NO/c1-3-5-7-8-12-9-11-13-10-6-4-2/h4,12H,2,6-11H2,1H3. The minimum atomic E-state index is 0.771. The van der Waals surface area contributed by atoms with Crippen LogP contribution < -0.4 is 5.32 Å². The highest BCUT2D eigenvalue weighted by Gasteiger charge is 1.86. The first-order valence-electron chi connectivity index (χ1n) is 4.70. The first-order valence-corrected chi connectivity index (χ1v) is 4.70. The number of hydrogen-bond donors (Lipinski definition) is 1. The van der Waals surface area contributed by atoms with Crippen LogP contribution in [0, 0.1) is 11.8 Å². The molecule has 0 aromatic carbocycles. The smallest absolute Gasteiger partial charge is 0.0591 e. The molecule has 0 spiro atoms. The van der Waals surface area contributed by atoms with E-state index >= 15 is 0 Å². The molecule has 0 aromatic rings. The lowest BCUT2D eigenvalue weighted by Gasteiger charge is -2.02. The Hall–Kier alpha value is -0.780. The lowest BCUT2D eigenvalue weighted by atomic mass is 10.4. The largest absolute Gasteiger partial charge is 0.380 e. The van der Waals surface area contributed by atoms with Gasteiger partial charge in [-0.3, -0.25) is 0 Å². The molecule has 74 valence electrons. The first kappa shape index (κ1) is 12.2. The Morgan fingerprint density at radius 1 is 1.38 bits per heavy atom. The van der Waals surface area contributed by atoms with Crippen LogP contribution >= 0.6 is 0 Å². The molecular weight excluding hydrogens is 162 g/mol. The van der Waals surface area contributed by atoms with Crippen LogP contribution in [-0.2, 0) is 4.74 Å². The van der Waals surface area contributed by atoms with E-state index in [0.29, 0.717) is 0 Å². The van der Waals surface area contributed by atoms with Crippen LogP contribution in [0.25, 0.3) is 0 Å². The molecule has 0 saturated carbocycles. The maximum Gasteiger partial charge on any atom is 0.0591 e. The van der Waals surface area contributed by atoms with Gasteiger partial charge in [-0.1, -0.05) is 6.08 Å². The van der Waals surface area contributed by atoms with E-state index in [1.165, 1.54) is 0 Å². The normalized spacial score (nSPS) is 9.00. The number of nitrogens with one attached hydrogen (secondary N) is 1. The third-order valence-corrected chi connectivity index (χ3v) is 1.49. The molecule has 0 aliphatic rings. The molecule has 0 saturated heterocycles. The molecule has 0 fully saturated rings. The Morgan fingerprint density at radius 2 is 2.23 bits per heavy atom. The summed E-state index contributed by atoms with van der Waals surface area (Å²) in [6, 6.07) is 0. The quantitative estimate of drug-likeness (QED) is 0.349. The van der Waals surface area contributed by atoms with Crippen molar-refractivity contribution >= 4 is 0 Å². The van der Waals surface area contributed by atoms with E-state index in [4.69, 9.17) is 4.74 Å². The third kappa shape index (κ3) is 11.2. The minimum absolute atomic E-state index is 0.771. The second-order valence-electron chi connectivity index (χ2n) is 2.62. The van der Waals surface area contributed by atoms with Crippen molar-refractivity contribution in [3.05, 3.63) is 12.7 Å². The highest BCUT2D eigenvalue weighted by Crippen LogP contribution is 1.81. The molecule has 0 aliphatic heterocycles. The Kier molecular flexibility index (Phi) is 10.5. The van der Waals surface area contributed by atoms with Crippen molar-refractivity contribution in [3.63, 3.8) is 0 Å². The van der Waals surface area contributed by atoms with Crippen molar-refractivity contribution in [1.82, 2.24) is 5.32 Å². The van der Waals surface area contributed by atoms with Gasteiger partial charge in [0.1, 0.15) is 0 Å². The van der Waals surface area contributed by atoms with Crippen LogP contribution in [0.5, 0.6) is 0 Å². The highest BCUT2D eigenvalue weighted by molar-refractivity contribution is 4.94. The van der Waals surface area contributed by atoms with Gasteiger partial charge in [-0.15, -0.1) is 18.4 Å². The predicted molar refractivity (Wildman–Crippen MR) is 56.6 cm³/mol. The summed E-state index contributed by atoms with van der Waals surface area (Å²) in [6.07, 6.45) is 3.72. The van der Waals surface area contributed by atoms with Gasteiger partial charge in [-0.25, -0.2) is 0 Å². The van der Waals surface area contributed by atoms with Gasteiger partial charge >= 0.3 is 0 Å². The second kappa shape index (κ2) is 11.2. The van der Waals surface area contributed by atoms with Crippen molar-refractivity contribution in [2.75, 3.05) is 26.3 Å². The molecule has 2 nitrogen and oxygen atoms in total. The summed E-state index contributed by atoms with van der Waals surface area (Å²) < 4.78 is 5.31. The van der Waals surface area contributed by atoms with E-state index < -0.39 is 0 Å². The highest BCUT2D eigenvalue weighted by atomic mass is 16.5. The zero-order valence-corrected chi connectivity index (χ0v) is 8.44. The van der Waals surface area contributed by atoms with Crippen LogP contribution in [-0.4, -0.2) is 26.3 Å². The van der Waals surface area contributed by atoms with E-state index in [1.807, 2.05) is 13.0 Å². The fourth-order valence-corrected chi connectivity index (χ4v) is 0.814. The molecule has 0 atom stereocenters. The van der Waals surface area contributed by atoms with Gasteiger partial charge in [0.25, 0.3) is 0 Å². The Morgan fingerprint density at radius 3 is 2.92 bits per heavy atom. The molecule has 0 amide bonds. The predicted octanol–water partition coefficient (Wildman–Crippen LogP) is 1.58. The van der Waals surface area contributed by atoms with Crippen LogP contribution in [0.2, 0.25) is 0 Å². The molecular formula is C11H19NO. The van der Waals surface area contributed by atoms with Crippen LogP contribution in [0.4, 0.5) is 0 Å². The molecule has 0 unspecified atom stereocenters. The Bertz CT molecular complexity index is 167. The van der Waals surface area contributed by atoms with Gasteiger partial charge in [0.05, 0.1) is 13.2 Å². The lowest BCUT2D eigenvalue weighted by molar-refractivity contribution is 0.141. The van der Waals surface area contributed by atoms with Crippen molar-refractivity contribution in [2.24, 2.45) is 0 Å².